The third-order valence-corrected chi connectivity index (χ3v) is 6.13. The molecule has 3 heterocycles. The van der Waals surface area contributed by atoms with Crippen LogP contribution in [0.3, 0.4) is 0 Å². The molecular weight excluding hydrogens is 338 g/mol. The van der Waals surface area contributed by atoms with Crippen molar-refractivity contribution in [3.05, 3.63) is 22.4 Å². The van der Waals surface area contributed by atoms with Gasteiger partial charge in [0.2, 0.25) is 0 Å². The Morgan fingerprint density at radius 3 is 2.84 bits per heavy atom. The lowest BCUT2D eigenvalue weighted by Crippen LogP contribution is -3.11. The molecule has 0 bridgehead atoms. The van der Waals surface area contributed by atoms with Crippen LogP contribution < -0.4 is 10.2 Å². The highest BCUT2D eigenvalue weighted by molar-refractivity contribution is 7.10. The zero-order chi connectivity index (χ0) is 17.6. The summed E-state index contributed by atoms with van der Waals surface area (Å²) in [5.41, 5.74) is 0. The Kier molecular flexibility index (Phi) is 6.31. The van der Waals surface area contributed by atoms with Crippen molar-refractivity contribution in [2.45, 2.75) is 44.7 Å². The van der Waals surface area contributed by atoms with Crippen molar-refractivity contribution in [1.82, 2.24) is 10.2 Å². The molecule has 0 spiro atoms. The minimum absolute atomic E-state index is 0.132. The third kappa shape index (κ3) is 4.73. The van der Waals surface area contributed by atoms with Gasteiger partial charge in [0.1, 0.15) is 6.04 Å². The fourth-order valence-electron chi connectivity index (χ4n) is 3.86. The summed E-state index contributed by atoms with van der Waals surface area (Å²) < 4.78 is 5.03. The number of likely N-dealkylation sites (tertiary alicyclic amines) is 2. The molecule has 1 aromatic rings. The Balaban J connectivity index is 1.43. The third-order valence-electron chi connectivity index (χ3n) is 5.14. The van der Waals surface area contributed by atoms with Gasteiger partial charge < -0.3 is 19.9 Å². The van der Waals surface area contributed by atoms with Gasteiger partial charge in [-0.1, -0.05) is 6.07 Å². The molecule has 2 atom stereocenters. The molecule has 2 aliphatic rings. The van der Waals surface area contributed by atoms with Crippen LogP contribution in [-0.4, -0.2) is 55.7 Å². The number of carbonyl (C=O) groups is 2. The molecule has 0 radical (unpaired) electrons. The van der Waals surface area contributed by atoms with Crippen molar-refractivity contribution in [1.29, 1.82) is 0 Å². The van der Waals surface area contributed by atoms with Gasteiger partial charge in [0, 0.05) is 32.0 Å². The van der Waals surface area contributed by atoms with Gasteiger partial charge in [0.05, 0.1) is 18.0 Å². The largest absolute Gasteiger partial charge is 0.450 e. The molecule has 6 nitrogen and oxygen atoms in total. The standard InChI is InChI=1S/C18H27N3O3S/c1-2-24-18(23)20-10-7-14(8-11-20)19-17(22)13-21-9-3-5-15(21)16-6-4-12-25-16/h4,6,12,14-15H,2-3,5,7-11,13H2,1H3,(H,19,22)/p+1/t15-/m0/s1. The number of thiophene rings is 1. The topological polar surface area (TPSA) is 63.1 Å². The van der Waals surface area contributed by atoms with Gasteiger partial charge >= 0.3 is 6.09 Å². The van der Waals surface area contributed by atoms with Crippen LogP contribution in [0.2, 0.25) is 0 Å². The number of rotatable bonds is 5. The molecule has 2 N–H and O–H groups in total. The van der Waals surface area contributed by atoms with Crippen LogP contribution in [0.15, 0.2) is 17.5 Å². The van der Waals surface area contributed by atoms with Gasteiger partial charge in [-0.25, -0.2) is 4.79 Å². The summed E-state index contributed by atoms with van der Waals surface area (Å²) in [5.74, 6) is 0.132. The molecule has 2 saturated heterocycles. The lowest BCUT2D eigenvalue weighted by Gasteiger charge is -2.31. The van der Waals surface area contributed by atoms with Gasteiger partial charge in [0.15, 0.2) is 6.54 Å². The Bertz CT molecular complexity index is 570. The predicted molar refractivity (Wildman–Crippen MR) is 96.8 cm³/mol. The minimum atomic E-state index is -0.243. The molecule has 25 heavy (non-hydrogen) atoms. The van der Waals surface area contributed by atoms with Gasteiger partial charge in [0.25, 0.3) is 5.91 Å². The Morgan fingerprint density at radius 2 is 2.16 bits per heavy atom. The SMILES string of the molecule is CCOC(=O)N1CCC(NC(=O)C[NH+]2CCC[C@H]2c2cccs2)CC1. The van der Waals surface area contributed by atoms with Gasteiger partial charge in [-0.2, -0.15) is 0 Å². The van der Waals surface area contributed by atoms with E-state index >= 15 is 0 Å². The summed E-state index contributed by atoms with van der Waals surface area (Å²) in [7, 11) is 0. The van der Waals surface area contributed by atoms with E-state index in [-0.39, 0.29) is 18.0 Å². The predicted octanol–water partition coefficient (Wildman–Crippen LogP) is 1.21. The number of quaternary nitrogens is 1. The molecule has 2 amide bonds. The van der Waals surface area contributed by atoms with Crippen molar-refractivity contribution in [2.24, 2.45) is 0 Å². The molecule has 2 aliphatic heterocycles. The summed E-state index contributed by atoms with van der Waals surface area (Å²) >= 11 is 1.79. The van der Waals surface area contributed by atoms with E-state index in [0.29, 0.717) is 32.3 Å². The van der Waals surface area contributed by atoms with Crippen molar-refractivity contribution in [3.8, 4) is 0 Å². The number of hydrogen-bond acceptors (Lipinski definition) is 4. The zero-order valence-electron chi connectivity index (χ0n) is 14.8. The summed E-state index contributed by atoms with van der Waals surface area (Å²) in [5, 5.41) is 5.28. The van der Waals surface area contributed by atoms with Gasteiger partial charge in [-0.3, -0.25) is 4.79 Å². The highest BCUT2D eigenvalue weighted by Gasteiger charge is 2.33. The molecule has 3 rings (SSSR count). The van der Waals surface area contributed by atoms with Crippen molar-refractivity contribution in [3.63, 3.8) is 0 Å². The lowest BCUT2D eigenvalue weighted by atomic mass is 10.1. The highest BCUT2D eigenvalue weighted by Crippen LogP contribution is 2.23. The van der Waals surface area contributed by atoms with E-state index in [2.05, 4.69) is 22.8 Å². The number of nitrogens with zero attached hydrogens (tertiary/aromatic N) is 1. The number of hydrogen-bond donors (Lipinski definition) is 2. The molecular formula is C18H28N3O3S+. The highest BCUT2D eigenvalue weighted by atomic mass is 32.1. The summed E-state index contributed by atoms with van der Waals surface area (Å²) in [6.45, 7) is 5.13. The first-order chi connectivity index (χ1) is 12.2. The van der Waals surface area contributed by atoms with Crippen molar-refractivity contribution < 1.29 is 19.2 Å². The van der Waals surface area contributed by atoms with Crippen LogP contribution in [0.1, 0.15) is 43.5 Å². The number of nitrogens with one attached hydrogen (secondary N) is 2. The normalized spacial score (nSPS) is 24.3. The molecule has 1 unspecified atom stereocenters. The fourth-order valence-corrected chi connectivity index (χ4v) is 4.78. The van der Waals surface area contributed by atoms with E-state index in [4.69, 9.17) is 4.74 Å². The number of piperidine rings is 1. The van der Waals surface area contributed by atoms with E-state index in [0.717, 1.165) is 19.4 Å². The van der Waals surface area contributed by atoms with Crippen LogP contribution in [0.25, 0.3) is 0 Å². The Labute approximate surface area is 153 Å². The van der Waals surface area contributed by atoms with Crippen LogP contribution >= 0.6 is 11.3 Å². The molecule has 7 heteroatoms. The van der Waals surface area contributed by atoms with E-state index in [1.54, 1.807) is 16.2 Å². The average molecular weight is 367 g/mol. The van der Waals surface area contributed by atoms with E-state index < -0.39 is 0 Å². The molecule has 0 saturated carbocycles. The quantitative estimate of drug-likeness (QED) is 0.823. The van der Waals surface area contributed by atoms with E-state index in [1.165, 1.54) is 22.6 Å². The molecule has 0 aliphatic carbocycles. The van der Waals surface area contributed by atoms with Crippen molar-refractivity contribution in [2.75, 3.05) is 32.8 Å². The second-order valence-corrected chi connectivity index (χ2v) is 7.80. The molecule has 138 valence electrons. The summed E-state index contributed by atoms with van der Waals surface area (Å²) in [6.07, 6.45) is 3.71. The number of carbonyl (C=O) groups excluding carboxylic acids is 2. The average Bonchev–Trinajstić information content (AvgIpc) is 3.26. The van der Waals surface area contributed by atoms with Crippen LogP contribution in [0.5, 0.6) is 0 Å². The molecule has 2 fully saturated rings. The monoisotopic (exact) mass is 366 g/mol. The first-order valence-electron chi connectivity index (χ1n) is 9.26. The first-order valence-corrected chi connectivity index (χ1v) is 10.1. The van der Waals surface area contributed by atoms with Crippen LogP contribution in [-0.2, 0) is 9.53 Å². The number of amides is 2. The van der Waals surface area contributed by atoms with E-state index in [9.17, 15) is 9.59 Å². The molecule has 0 aromatic carbocycles. The zero-order valence-corrected chi connectivity index (χ0v) is 15.6. The van der Waals surface area contributed by atoms with Gasteiger partial charge in [-0.15, -0.1) is 11.3 Å². The first kappa shape index (κ1) is 18.2. The van der Waals surface area contributed by atoms with E-state index in [1.807, 2.05) is 6.92 Å². The molecule has 1 aromatic heterocycles. The smallest absolute Gasteiger partial charge is 0.409 e. The maximum atomic E-state index is 12.5. The number of ether oxygens (including phenoxy) is 1. The fraction of sp³-hybridized carbons (Fsp3) is 0.667. The van der Waals surface area contributed by atoms with Crippen LogP contribution in [0.4, 0.5) is 4.79 Å². The Hall–Kier alpha value is -1.60. The summed E-state index contributed by atoms with van der Waals surface area (Å²) in [4.78, 5) is 28.7. The maximum absolute atomic E-state index is 12.5. The van der Waals surface area contributed by atoms with Crippen LogP contribution in [0, 0.1) is 0 Å². The Morgan fingerprint density at radius 1 is 1.36 bits per heavy atom. The van der Waals surface area contributed by atoms with Gasteiger partial charge in [-0.05, 0) is 31.2 Å². The maximum Gasteiger partial charge on any atom is 0.409 e. The second-order valence-electron chi connectivity index (χ2n) is 6.82. The lowest BCUT2D eigenvalue weighted by molar-refractivity contribution is -0.910. The minimum Gasteiger partial charge on any atom is -0.450 e. The summed E-state index contributed by atoms with van der Waals surface area (Å²) in [6, 6.07) is 4.91. The second kappa shape index (κ2) is 8.67. The van der Waals surface area contributed by atoms with Crippen molar-refractivity contribution >= 4 is 23.3 Å².